The van der Waals surface area contributed by atoms with Gasteiger partial charge in [0.2, 0.25) is 0 Å². The molecular weight excluding hydrogens is 248 g/mol. The van der Waals surface area contributed by atoms with Crippen molar-refractivity contribution < 1.29 is 4.74 Å². The summed E-state index contributed by atoms with van der Waals surface area (Å²) < 4.78 is 5.70. The van der Waals surface area contributed by atoms with Gasteiger partial charge < -0.3 is 10.5 Å². The maximum atomic E-state index is 6.35. The molecule has 3 nitrogen and oxygen atoms in total. The van der Waals surface area contributed by atoms with Crippen molar-refractivity contribution in [3.63, 3.8) is 0 Å². The fraction of sp³-hybridized carbons (Fsp3) is 0.647. The molecule has 2 N–H and O–H groups in total. The van der Waals surface area contributed by atoms with Crippen LogP contribution in [0.3, 0.4) is 0 Å². The van der Waals surface area contributed by atoms with Crippen LogP contribution in [0.4, 0.5) is 0 Å². The average Bonchev–Trinajstić information content (AvgIpc) is 2.48. The van der Waals surface area contributed by atoms with Crippen LogP contribution in [0, 0.1) is 0 Å². The number of aryl methyl sites for hydroxylation is 1. The minimum Gasteiger partial charge on any atom is -0.376 e. The lowest BCUT2D eigenvalue weighted by molar-refractivity contribution is -0.0312. The third-order valence-corrected chi connectivity index (χ3v) is 4.08. The van der Waals surface area contributed by atoms with Gasteiger partial charge in [-0.25, -0.2) is 0 Å². The Labute approximate surface area is 123 Å². The molecule has 112 valence electrons. The second-order valence-corrected chi connectivity index (χ2v) is 5.76. The number of nitrogens with zero attached hydrogens (tertiary/aromatic N) is 1. The first-order valence-electron chi connectivity index (χ1n) is 7.91. The molecule has 1 aromatic carbocycles. The Morgan fingerprint density at radius 1 is 1.30 bits per heavy atom. The molecule has 2 unspecified atom stereocenters. The first-order valence-corrected chi connectivity index (χ1v) is 7.91. The Bertz CT molecular complexity index is 390. The molecule has 1 aliphatic heterocycles. The van der Waals surface area contributed by atoms with E-state index in [1.165, 1.54) is 17.5 Å². The van der Waals surface area contributed by atoms with Crippen molar-refractivity contribution >= 4 is 0 Å². The molecule has 0 spiro atoms. The third kappa shape index (κ3) is 4.30. The first-order chi connectivity index (χ1) is 9.72. The molecule has 0 aromatic heterocycles. The van der Waals surface area contributed by atoms with E-state index in [0.29, 0.717) is 6.10 Å². The van der Waals surface area contributed by atoms with Gasteiger partial charge in [0, 0.05) is 25.7 Å². The molecule has 0 saturated carbocycles. The summed E-state index contributed by atoms with van der Waals surface area (Å²) in [6.45, 7) is 8.16. The molecule has 1 aromatic rings. The predicted octanol–water partition coefficient (Wildman–Crippen LogP) is 2.75. The van der Waals surface area contributed by atoms with E-state index in [1.807, 2.05) is 0 Å². The molecule has 0 bridgehead atoms. The Morgan fingerprint density at radius 3 is 2.70 bits per heavy atom. The highest BCUT2D eigenvalue weighted by Crippen LogP contribution is 2.16. The highest BCUT2D eigenvalue weighted by Gasteiger charge is 2.20. The van der Waals surface area contributed by atoms with E-state index in [1.54, 1.807) is 0 Å². The number of ether oxygens (including phenoxy) is 1. The van der Waals surface area contributed by atoms with Crippen molar-refractivity contribution in [2.75, 3.05) is 26.2 Å². The summed E-state index contributed by atoms with van der Waals surface area (Å²) >= 11 is 0. The molecule has 1 fully saturated rings. The van der Waals surface area contributed by atoms with Crippen LogP contribution < -0.4 is 5.73 Å². The SMILES string of the molecule is CCCc1ccc(C(N)CN2CCOC(CC)C2)cc1. The van der Waals surface area contributed by atoms with Crippen LogP contribution in [-0.4, -0.2) is 37.2 Å². The molecule has 1 aliphatic rings. The van der Waals surface area contributed by atoms with Crippen LogP contribution in [0.25, 0.3) is 0 Å². The van der Waals surface area contributed by atoms with Gasteiger partial charge in [-0.3, -0.25) is 4.90 Å². The molecule has 2 atom stereocenters. The van der Waals surface area contributed by atoms with Crippen LogP contribution in [0.15, 0.2) is 24.3 Å². The van der Waals surface area contributed by atoms with Crippen molar-refractivity contribution in [1.29, 1.82) is 0 Å². The van der Waals surface area contributed by atoms with E-state index >= 15 is 0 Å². The van der Waals surface area contributed by atoms with E-state index in [9.17, 15) is 0 Å². The van der Waals surface area contributed by atoms with Crippen LogP contribution in [-0.2, 0) is 11.2 Å². The maximum absolute atomic E-state index is 6.35. The zero-order valence-corrected chi connectivity index (χ0v) is 12.8. The van der Waals surface area contributed by atoms with Crippen molar-refractivity contribution in [3.8, 4) is 0 Å². The summed E-state index contributed by atoms with van der Waals surface area (Å²) in [5.74, 6) is 0. The topological polar surface area (TPSA) is 38.5 Å². The second kappa shape index (κ2) is 7.77. The van der Waals surface area contributed by atoms with Gasteiger partial charge in [-0.15, -0.1) is 0 Å². The number of rotatable bonds is 6. The minimum absolute atomic E-state index is 0.0984. The Balaban J connectivity index is 1.88. The Hall–Kier alpha value is -0.900. The molecule has 1 saturated heterocycles. The van der Waals surface area contributed by atoms with Crippen LogP contribution >= 0.6 is 0 Å². The van der Waals surface area contributed by atoms with Crippen molar-refractivity contribution in [2.24, 2.45) is 5.73 Å². The zero-order valence-electron chi connectivity index (χ0n) is 12.8. The second-order valence-electron chi connectivity index (χ2n) is 5.76. The Kier molecular flexibility index (Phi) is 6.02. The van der Waals surface area contributed by atoms with Crippen molar-refractivity contribution in [2.45, 2.75) is 45.3 Å². The summed E-state index contributed by atoms with van der Waals surface area (Å²) in [6, 6.07) is 8.90. The quantitative estimate of drug-likeness (QED) is 0.868. The summed E-state index contributed by atoms with van der Waals surface area (Å²) in [6.07, 6.45) is 3.80. The van der Waals surface area contributed by atoms with Gasteiger partial charge in [0.05, 0.1) is 12.7 Å². The largest absolute Gasteiger partial charge is 0.376 e. The standard InChI is InChI=1S/C17H28N2O/c1-3-5-14-6-8-15(9-7-14)17(18)13-19-10-11-20-16(4-2)12-19/h6-9,16-17H,3-5,10-13,18H2,1-2H3. The fourth-order valence-corrected chi connectivity index (χ4v) is 2.80. The Morgan fingerprint density at radius 2 is 2.05 bits per heavy atom. The van der Waals surface area contributed by atoms with E-state index in [4.69, 9.17) is 10.5 Å². The monoisotopic (exact) mass is 276 g/mol. The van der Waals surface area contributed by atoms with Crippen molar-refractivity contribution in [3.05, 3.63) is 35.4 Å². The average molecular weight is 276 g/mol. The van der Waals surface area contributed by atoms with Gasteiger partial charge in [-0.1, -0.05) is 44.5 Å². The van der Waals surface area contributed by atoms with Gasteiger partial charge in [0.25, 0.3) is 0 Å². The molecule has 20 heavy (non-hydrogen) atoms. The zero-order chi connectivity index (χ0) is 14.4. The normalized spacial score (nSPS) is 21.9. The first kappa shape index (κ1) is 15.5. The maximum Gasteiger partial charge on any atom is 0.0700 e. The summed E-state index contributed by atoms with van der Waals surface area (Å²) in [4.78, 5) is 2.43. The number of nitrogens with two attached hydrogens (primary N) is 1. The van der Waals surface area contributed by atoms with Gasteiger partial charge in [-0.2, -0.15) is 0 Å². The molecule has 0 amide bonds. The number of hydrogen-bond donors (Lipinski definition) is 1. The van der Waals surface area contributed by atoms with Gasteiger partial charge >= 0.3 is 0 Å². The minimum atomic E-state index is 0.0984. The third-order valence-electron chi connectivity index (χ3n) is 4.08. The lowest BCUT2D eigenvalue weighted by Crippen LogP contribution is -2.44. The molecule has 2 rings (SSSR count). The summed E-state index contributed by atoms with van der Waals surface area (Å²) in [5.41, 5.74) is 9.00. The van der Waals surface area contributed by atoms with Gasteiger partial charge in [-0.05, 0) is 24.0 Å². The molecule has 0 radical (unpaired) electrons. The lowest BCUT2D eigenvalue weighted by Gasteiger charge is -2.34. The molecule has 1 heterocycles. The van der Waals surface area contributed by atoms with Crippen molar-refractivity contribution in [1.82, 2.24) is 4.90 Å². The molecular formula is C17H28N2O. The van der Waals surface area contributed by atoms with E-state index in [0.717, 1.165) is 39.1 Å². The summed E-state index contributed by atoms with van der Waals surface area (Å²) in [7, 11) is 0. The van der Waals surface area contributed by atoms with Crippen LogP contribution in [0.1, 0.15) is 43.9 Å². The summed E-state index contributed by atoms with van der Waals surface area (Å²) in [5, 5.41) is 0. The molecule has 3 heteroatoms. The predicted molar refractivity (Wildman–Crippen MR) is 83.8 cm³/mol. The van der Waals surface area contributed by atoms with E-state index in [-0.39, 0.29) is 6.04 Å². The number of morpholine rings is 1. The van der Waals surface area contributed by atoms with Crippen LogP contribution in [0.5, 0.6) is 0 Å². The fourth-order valence-electron chi connectivity index (χ4n) is 2.80. The van der Waals surface area contributed by atoms with E-state index in [2.05, 4.69) is 43.0 Å². The highest BCUT2D eigenvalue weighted by molar-refractivity contribution is 5.25. The van der Waals surface area contributed by atoms with Crippen LogP contribution in [0.2, 0.25) is 0 Å². The van der Waals surface area contributed by atoms with Gasteiger partial charge in [0.15, 0.2) is 0 Å². The smallest absolute Gasteiger partial charge is 0.0700 e. The molecule has 0 aliphatic carbocycles. The highest BCUT2D eigenvalue weighted by atomic mass is 16.5. The van der Waals surface area contributed by atoms with Gasteiger partial charge in [0.1, 0.15) is 0 Å². The number of benzene rings is 1. The number of hydrogen-bond acceptors (Lipinski definition) is 3. The lowest BCUT2D eigenvalue weighted by atomic mass is 10.0. The van der Waals surface area contributed by atoms with E-state index < -0.39 is 0 Å².